The maximum Gasteiger partial charge on any atom is 0.116 e. The Morgan fingerprint density at radius 1 is 1.07 bits per heavy atom. The fourth-order valence-electron chi connectivity index (χ4n) is 1.62. The molecule has 3 heteroatoms. The van der Waals surface area contributed by atoms with E-state index in [-0.39, 0.29) is 11.8 Å². The van der Waals surface area contributed by atoms with Gasteiger partial charge in [0.1, 0.15) is 5.75 Å². The molecular weight excluding hydrogens is 188 g/mol. The van der Waals surface area contributed by atoms with Crippen molar-refractivity contribution in [3.63, 3.8) is 0 Å². The van der Waals surface area contributed by atoms with E-state index in [1.54, 1.807) is 12.1 Å². The molecule has 0 fully saturated rings. The van der Waals surface area contributed by atoms with Crippen LogP contribution in [0.4, 0.5) is 0 Å². The van der Waals surface area contributed by atoms with E-state index >= 15 is 0 Å². The molecule has 0 spiro atoms. The van der Waals surface area contributed by atoms with Crippen LogP contribution in [-0.2, 0) is 0 Å². The molecule has 2 aromatic carbocycles. The first-order valence-corrected chi connectivity index (χ1v) is 4.89. The van der Waals surface area contributed by atoms with Gasteiger partial charge in [-0.2, -0.15) is 0 Å². The molecule has 0 aliphatic heterocycles. The van der Waals surface area contributed by atoms with Crippen molar-refractivity contribution < 1.29 is 5.11 Å². The summed E-state index contributed by atoms with van der Waals surface area (Å²) >= 11 is 0. The highest BCUT2D eigenvalue weighted by Crippen LogP contribution is 2.22. The molecule has 0 radical (unpaired) electrons. The van der Waals surface area contributed by atoms with E-state index < -0.39 is 0 Å². The van der Waals surface area contributed by atoms with Crippen LogP contribution < -0.4 is 11.5 Å². The Morgan fingerprint density at radius 2 is 1.73 bits per heavy atom. The second-order valence-electron chi connectivity index (χ2n) is 3.63. The van der Waals surface area contributed by atoms with Crippen LogP contribution >= 0.6 is 0 Å². The molecule has 0 amide bonds. The highest BCUT2D eigenvalue weighted by Gasteiger charge is 2.04. The first-order chi connectivity index (χ1) is 7.20. The van der Waals surface area contributed by atoms with Crippen molar-refractivity contribution >= 4 is 10.8 Å². The van der Waals surface area contributed by atoms with Gasteiger partial charge in [-0.15, -0.1) is 0 Å². The predicted molar refractivity (Wildman–Crippen MR) is 61.6 cm³/mol. The molecule has 3 nitrogen and oxygen atoms in total. The van der Waals surface area contributed by atoms with Crippen molar-refractivity contribution in [3.05, 3.63) is 42.0 Å². The summed E-state index contributed by atoms with van der Waals surface area (Å²) in [6.45, 7) is 0.434. The third kappa shape index (κ3) is 1.93. The number of hydrogen-bond acceptors (Lipinski definition) is 3. The molecule has 0 saturated heterocycles. The summed E-state index contributed by atoms with van der Waals surface area (Å²) in [5, 5.41) is 11.4. The number of phenolic OH excluding ortho intramolecular Hbond substituents is 1. The van der Waals surface area contributed by atoms with Crippen molar-refractivity contribution in [2.75, 3.05) is 6.54 Å². The highest BCUT2D eigenvalue weighted by atomic mass is 16.3. The second kappa shape index (κ2) is 3.88. The number of fused-ring (bicyclic) bond motifs is 1. The van der Waals surface area contributed by atoms with E-state index in [9.17, 15) is 5.11 Å². The van der Waals surface area contributed by atoms with Crippen molar-refractivity contribution in [1.29, 1.82) is 0 Å². The van der Waals surface area contributed by atoms with Gasteiger partial charge >= 0.3 is 0 Å². The van der Waals surface area contributed by atoms with Crippen LogP contribution in [0.3, 0.4) is 0 Å². The van der Waals surface area contributed by atoms with E-state index in [2.05, 4.69) is 0 Å². The monoisotopic (exact) mass is 202 g/mol. The summed E-state index contributed by atoms with van der Waals surface area (Å²) in [4.78, 5) is 0. The van der Waals surface area contributed by atoms with Gasteiger partial charge in [-0.25, -0.2) is 0 Å². The average molecular weight is 202 g/mol. The fourth-order valence-corrected chi connectivity index (χ4v) is 1.62. The third-order valence-electron chi connectivity index (χ3n) is 2.53. The Balaban J connectivity index is 2.52. The minimum absolute atomic E-state index is 0.122. The molecule has 5 N–H and O–H groups in total. The van der Waals surface area contributed by atoms with Gasteiger partial charge in [0.2, 0.25) is 0 Å². The lowest BCUT2D eigenvalue weighted by molar-refractivity contribution is 0.476. The third-order valence-corrected chi connectivity index (χ3v) is 2.53. The number of hydrogen-bond donors (Lipinski definition) is 3. The lowest BCUT2D eigenvalue weighted by atomic mass is 10.0. The maximum absolute atomic E-state index is 9.31. The molecule has 1 atom stereocenters. The van der Waals surface area contributed by atoms with Gasteiger partial charge in [0, 0.05) is 12.6 Å². The molecule has 0 unspecified atom stereocenters. The van der Waals surface area contributed by atoms with Crippen LogP contribution in [0.2, 0.25) is 0 Å². The molecule has 2 rings (SSSR count). The standard InChI is InChI=1S/C12H14N2O/c13-7-12(14)10-2-1-9-6-11(15)4-3-8(9)5-10/h1-6,12,15H,7,13-14H2/t12-/m0/s1. The molecule has 0 saturated carbocycles. The normalized spacial score (nSPS) is 12.9. The topological polar surface area (TPSA) is 72.3 Å². The van der Waals surface area contributed by atoms with E-state index in [0.717, 1.165) is 16.3 Å². The number of benzene rings is 2. The van der Waals surface area contributed by atoms with Crippen molar-refractivity contribution in [1.82, 2.24) is 0 Å². The first kappa shape index (κ1) is 9.96. The summed E-state index contributed by atoms with van der Waals surface area (Å²) in [5.74, 6) is 0.276. The van der Waals surface area contributed by atoms with Gasteiger partial charge in [0.05, 0.1) is 0 Å². The van der Waals surface area contributed by atoms with Crippen LogP contribution in [0.1, 0.15) is 11.6 Å². The lowest BCUT2D eigenvalue weighted by Gasteiger charge is -2.10. The quantitative estimate of drug-likeness (QED) is 0.691. The molecular formula is C12H14N2O. The summed E-state index contributed by atoms with van der Waals surface area (Å²) in [5.41, 5.74) is 12.4. The molecule has 2 aromatic rings. The number of nitrogens with two attached hydrogens (primary N) is 2. The van der Waals surface area contributed by atoms with E-state index in [0.29, 0.717) is 6.54 Å². The molecule has 0 aliphatic rings. The Bertz CT molecular complexity index is 482. The van der Waals surface area contributed by atoms with Gasteiger partial charge in [0.25, 0.3) is 0 Å². The summed E-state index contributed by atoms with van der Waals surface area (Å²) in [6.07, 6.45) is 0. The Kier molecular flexibility index (Phi) is 2.58. The molecule has 0 heterocycles. The van der Waals surface area contributed by atoms with E-state index in [1.165, 1.54) is 0 Å². The first-order valence-electron chi connectivity index (χ1n) is 4.89. The maximum atomic E-state index is 9.31. The van der Waals surface area contributed by atoms with Crippen LogP contribution in [0, 0.1) is 0 Å². The largest absolute Gasteiger partial charge is 0.508 e. The summed E-state index contributed by atoms with van der Waals surface area (Å²) in [6, 6.07) is 11.0. The SMILES string of the molecule is NC[C@H](N)c1ccc2cc(O)ccc2c1. The molecule has 15 heavy (non-hydrogen) atoms. The fraction of sp³-hybridized carbons (Fsp3) is 0.167. The second-order valence-corrected chi connectivity index (χ2v) is 3.63. The number of phenols is 1. The molecule has 0 aromatic heterocycles. The zero-order valence-corrected chi connectivity index (χ0v) is 8.35. The lowest BCUT2D eigenvalue weighted by Crippen LogP contribution is -2.20. The van der Waals surface area contributed by atoms with Crippen molar-refractivity contribution in [3.8, 4) is 5.75 Å². The Morgan fingerprint density at radius 3 is 2.47 bits per heavy atom. The van der Waals surface area contributed by atoms with Gasteiger partial charge < -0.3 is 16.6 Å². The van der Waals surface area contributed by atoms with E-state index in [1.807, 2.05) is 24.3 Å². The van der Waals surface area contributed by atoms with Crippen molar-refractivity contribution in [2.24, 2.45) is 11.5 Å². The molecule has 0 bridgehead atoms. The van der Waals surface area contributed by atoms with Crippen LogP contribution in [0.5, 0.6) is 5.75 Å². The van der Waals surface area contributed by atoms with Crippen LogP contribution in [0.15, 0.2) is 36.4 Å². The minimum Gasteiger partial charge on any atom is -0.508 e. The van der Waals surface area contributed by atoms with Gasteiger partial charge in [0.15, 0.2) is 0 Å². The highest BCUT2D eigenvalue weighted by molar-refractivity contribution is 5.84. The number of rotatable bonds is 2. The summed E-state index contributed by atoms with van der Waals surface area (Å²) < 4.78 is 0. The van der Waals surface area contributed by atoms with Crippen LogP contribution in [-0.4, -0.2) is 11.7 Å². The zero-order valence-electron chi connectivity index (χ0n) is 8.35. The average Bonchev–Trinajstić information content (AvgIpc) is 2.27. The van der Waals surface area contributed by atoms with Crippen LogP contribution in [0.25, 0.3) is 10.8 Å². The smallest absolute Gasteiger partial charge is 0.116 e. The minimum atomic E-state index is -0.122. The molecule has 0 aliphatic carbocycles. The Labute approximate surface area is 88.3 Å². The molecule has 78 valence electrons. The zero-order chi connectivity index (χ0) is 10.8. The predicted octanol–water partition coefficient (Wildman–Crippen LogP) is 1.50. The van der Waals surface area contributed by atoms with Gasteiger partial charge in [-0.1, -0.05) is 18.2 Å². The van der Waals surface area contributed by atoms with Crippen molar-refractivity contribution in [2.45, 2.75) is 6.04 Å². The van der Waals surface area contributed by atoms with E-state index in [4.69, 9.17) is 11.5 Å². The Hall–Kier alpha value is -1.58. The summed E-state index contributed by atoms with van der Waals surface area (Å²) in [7, 11) is 0. The number of aromatic hydroxyl groups is 1. The van der Waals surface area contributed by atoms with Gasteiger partial charge in [-0.3, -0.25) is 0 Å². The van der Waals surface area contributed by atoms with Gasteiger partial charge in [-0.05, 0) is 34.5 Å².